The van der Waals surface area contributed by atoms with Gasteiger partial charge < -0.3 is 10.1 Å². The zero-order valence-electron chi connectivity index (χ0n) is 7.07. The van der Waals surface area contributed by atoms with Crippen LogP contribution in [-0.4, -0.2) is 21.7 Å². The second kappa shape index (κ2) is 3.41. The Hall–Kier alpha value is -1.61. The summed E-state index contributed by atoms with van der Waals surface area (Å²) in [7, 11) is 0. The molecule has 2 rings (SSSR count). The van der Waals surface area contributed by atoms with Crippen LogP contribution in [-0.2, 0) is 0 Å². The molecule has 2 heterocycles. The molecule has 3 heteroatoms. The zero-order chi connectivity index (χ0) is 9.10. The van der Waals surface area contributed by atoms with Crippen molar-refractivity contribution in [2.24, 2.45) is 0 Å². The highest BCUT2D eigenvalue weighted by atomic mass is 16.2. The maximum Gasteiger partial charge on any atom is 0.137 e. The van der Waals surface area contributed by atoms with E-state index in [1.807, 2.05) is 24.4 Å². The topological polar surface area (TPSA) is 48.9 Å². The van der Waals surface area contributed by atoms with E-state index in [1.54, 1.807) is 12.3 Å². The van der Waals surface area contributed by atoms with Gasteiger partial charge in [-0.15, -0.1) is 0 Å². The first-order valence-electron chi connectivity index (χ1n) is 4.11. The number of H-pyrrole nitrogens is 1. The number of aromatic amines is 1. The van der Waals surface area contributed by atoms with Crippen LogP contribution in [0, 0.1) is 0 Å². The summed E-state index contributed by atoms with van der Waals surface area (Å²) in [5.41, 5.74) is 1.94. The van der Waals surface area contributed by atoms with Crippen LogP contribution in [0.4, 0.5) is 0 Å². The number of nitrogens with zero attached hydrogens (tertiary/aromatic N) is 1. The molecule has 2 N–H and O–H groups in total. The highest BCUT2D eigenvalue weighted by molar-refractivity contribution is 5.85. The minimum absolute atomic E-state index is 0.0637. The molecular formula is C10H10N2O. The van der Waals surface area contributed by atoms with Gasteiger partial charge in [-0.25, -0.2) is 4.98 Å². The largest absolute Gasteiger partial charge is 0.392 e. The van der Waals surface area contributed by atoms with E-state index in [1.165, 1.54) is 0 Å². The van der Waals surface area contributed by atoms with Gasteiger partial charge >= 0.3 is 0 Å². The van der Waals surface area contributed by atoms with Crippen LogP contribution in [0.15, 0.2) is 30.6 Å². The van der Waals surface area contributed by atoms with Crippen molar-refractivity contribution < 1.29 is 5.11 Å². The Bertz CT molecular complexity index is 431. The molecule has 0 bridgehead atoms. The number of hydrogen-bond donors (Lipinski definition) is 2. The minimum Gasteiger partial charge on any atom is -0.392 e. The van der Waals surface area contributed by atoms with Crippen LogP contribution in [0.2, 0.25) is 0 Å². The van der Waals surface area contributed by atoms with Crippen LogP contribution >= 0.6 is 0 Å². The third-order valence-electron chi connectivity index (χ3n) is 1.90. The second-order valence-corrected chi connectivity index (χ2v) is 2.73. The molecule has 0 aliphatic heterocycles. The fourth-order valence-electron chi connectivity index (χ4n) is 1.31. The molecule has 0 aliphatic carbocycles. The summed E-state index contributed by atoms with van der Waals surface area (Å²) in [6, 6.07) is 3.89. The van der Waals surface area contributed by atoms with Crippen LogP contribution < -0.4 is 0 Å². The summed E-state index contributed by atoms with van der Waals surface area (Å²) in [6.07, 6.45) is 7.20. The van der Waals surface area contributed by atoms with Crippen LogP contribution in [0.5, 0.6) is 0 Å². The van der Waals surface area contributed by atoms with E-state index in [0.717, 1.165) is 16.6 Å². The molecule has 13 heavy (non-hydrogen) atoms. The van der Waals surface area contributed by atoms with Crippen molar-refractivity contribution in [3.63, 3.8) is 0 Å². The summed E-state index contributed by atoms with van der Waals surface area (Å²) in [5.74, 6) is 0. The molecule has 2 aromatic rings. The summed E-state index contributed by atoms with van der Waals surface area (Å²) in [4.78, 5) is 7.19. The molecule has 0 saturated carbocycles. The Morgan fingerprint density at radius 3 is 3.23 bits per heavy atom. The Morgan fingerprint density at radius 2 is 2.38 bits per heavy atom. The maximum atomic E-state index is 8.64. The molecule has 0 unspecified atom stereocenters. The number of rotatable bonds is 2. The quantitative estimate of drug-likeness (QED) is 0.726. The third kappa shape index (κ3) is 1.46. The molecule has 0 radical (unpaired) electrons. The molecule has 3 nitrogen and oxygen atoms in total. The lowest BCUT2D eigenvalue weighted by atomic mass is 10.2. The van der Waals surface area contributed by atoms with Crippen LogP contribution in [0.3, 0.4) is 0 Å². The zero-order valence-corrected chi connectivity index (χ0v) is 7.07. The summed E-state index contributed by atoms with van der Waals surface area (Å²) < 4.78 is 0. The molecule has 0 fully saturated rings. The normalized spacial score (nSPS) is 11.5. The average Bonchev–Trinajstić information content (AvgIpc) is 2.62. The number of aliphatic hydroxyl groups excluding tert-OH is 1. The lowest BCUT2D eigenvalue weighted by Crippen LogP contribution is -1.79. The minimum atomic E-state index is 0.0637. The number of hydrogen-bond acceptors (Lipinski definition) is 2. The number of fused-ring (bicyclic) bond motifs is 1. The van der Waals surface area contributed by atoms with Gasteiger partial charge in [-0.3, -0.25) is 0 Å². The van der Waals surface area contributed by atoms with E-state index in [0.29, 0.717) is 0 Å². The van der Waals surface area contributed by atoms with Gasteiger partial charge in [0, 0.05) is 17.8 Å². The van der Waals surface area contributed by atoms with Gasteiger partial charge in [-0.1, -0.05) is 12.2 Å². The van der Waals surface area contributed by atoms with Crippen molar-refractivity contribution in [2.45, 2.75) is 0 Å². The lowest BCUT2D eigenvalue weighted by Gasteiger charge is -1.94. The lowest BCUT2D eigenvalue weighted by molar-refractivity contribution is 0.343. The Balaban J connectivity index is 2.54. The molecule has 0 saturated heterocycles. The van der Waals surface area contributed by atoms with Crippen molar-refractivity contribution in [1.82, 2.24) is 9.97 Å². The van der Waals surface area contributed by atoms with Crippen molar-refractivity contribution in [3.05, 3.63) is 36.2 Å². The van der Waals surface area contributed by atoms with E-state index in [9.17, 15) is 0 Å². The Morgan fingerprint density at radius 1 is 1.46 bits per heavy atom. The molecule has 0 amide bonds. The number of aromatic nitrogens is 2. The molecule has 0 spiro atoms. The second-order valence-electron chi connectivity index (χ2n) is 2.73. The summed E-state index contributed by atoms with van der Waals surface area (Å²) in [5, 5.41) is 9.72. The highest BCUT2D eigenvalue weighted by Crippen LogP contribution is 2.15. The highest BCUT2D eigenvalue weighted by Gasteiger charge is 1.97. The van der Waals surface area contributed by atoms with E-state index in [-0.39, 0.29) is 6.61 Å². The molecule has 66 valence electrons. The first-order chi connectivity index (χ1) is 6.42. The van der Waals surface area contributed by atoms with E-state index in [2.05, 4.69) is 9.97 Å². The van der Waals surface area contributed by atoms with Crippen molar-refractivity contribution in [3.8, 4) is 0 Å². The van der Waals surface area contributed by atoms with Crippen LogP contribution in [0.1, 0.15) is 5.56 Å². The molecular weight excluding hydrogens is 164 g/mol. The SMILES string of the molecule is OCC=Cc1ccnc2[nH]ccc12. The van der Waals surface area contributed by atoms with Gasteiger partial charge in [0.05, 0.1) is 6.61 Å². The number of aliphatic hydroxyl groups is 1. The Labute approximate surface area is 75.7 Å². The van der Waals surface area contributed by atoms with Gasteiger partial charge in [0.25, 0.3) is 0 Å². The first kappa shape index (κ1) is 8.01. The van der Waals surface area contributed by atoms with Gasteiger partial charge in [0.2, 0.25) is 0 Å². The molecule has 0 atom stereocenters. The summed E-state index contributed by atoms with van der Waals surface area (Å²) >= 11 is 0. The fraction of sp³-hybridized carbons (Fsp3) is 0.100. The van der Waals surface area contributed by atoms with Crippen molar-refractivity contribution >= 4 is 17.1 Å². The van der Waals surface area contributed by atoms with Gasteiger partial charge in [0.15, 0.2) is 0 Å². The first-order valence-corrected chi connectivity index (χ1v) is 4.11. The van der Waals surface area contributed by atoms with Gasteiger partial charge in [0.1, 0.15) is 5.65 Å². The maximum absolute atomic E-state index is 8.64. The molecule has 0 aromatic carbocycles. The predicted octanol–water partition coefficient (Wildman–Crippen LogP) is 1.57. The monoisotopic (exact) mass is 174 g/mol. The number of nitrogens with one attached hydrogen (secondary N) is 1. The third-order valence-corrected chi connectivity index (χ3v) is 1.90. The van der Waals surface area contributed by atoms with Crippen molar-refractivity contribution in [2.75, 3.05) is 6.61 Å². The van der Waals surface area contributed by atoms with Gasteiger partial charge in [-0.2, -0.15) is 0 Å². The average molecular weight is 174 g/mol. The van der Waals surface area contributed by atoms with E-state index >= 15 is 0 Å². The van der Waals surface area contributed by atoms with E-state index in [4.69, 9.17) is 5.11 Å². The van der Waals surface area contributed by atoms with Crippen molar-refractivity contribution in [1.29, 1.82) is 0 Å². The standard InChI is InChI=1S/C10H10N2O/c13-7-1-2-8-3-5-11-10-9(8)4-6-12-10/h1-6,13H,7H2,(H,11,12). The Kier molecular flexibility index (Phi) is 2.10. The predicted molar refractivity (Wildman–Crippen MR) is 52.2 cm³/mol. The van der Waals surface area contributed by atoms with Gasteiger partial charge in [-0.05, 0) is 17.7 Å². The number of pyridine rings is 1. The van der Waals surface area contributed by atoms with Crippen LogP contribution in [0.25, 0.3) is 17.1 Å². The summed E-state index contributed by atoms with van der Waals surface area (Å²) in [6.45, 7) is 0.0637. The van der Waals surface area contributed by atoms with E-state index < -0.39 is 0 Å². The fourth-order valence-corrected chi connectivity index (χ4v) is 1.31. The molecule has 0 aliphatic rings. The smallest absolute Gasteiger partial charge is 0.137 e. The molecule has 2 aromatic heterocycles.